The molecule has 1 saturated heterocycles. The number of amides is 1. The lowest BCUT2D eigenvalue weighted by Crippen LogP contribution is -2.49. The fourth-order valence-corrected chi connectivity index (χ4v) is 3.84. The van der Waals surface area contributed by atoms with Gasteiger partial charge in [-0.05, 0) is 44.7 Å². The van der Waals surface area contributed by atoms with Crippen molar-refractivity contribution < 1.29 is 14.6 Å². The molecule has 2 aliphatic rings. The van der Waals surface area contributed by atoms with Crippen molar-refractivity contribution in [2.75, 3.05) is 13.7 Å². The summed E-state index contributed by atoms with van der Waals surface area (Å²) in [6.45, 7) is 2.54. The molecule has 0 radical (unpaired) electrons. The zero-order valence-corrected chi connectivity index (χ0v) is 13.6. The zero-order chi connectivity index (χ0) is 16.4. The third-order valence-electron chi connectivity index (χ3n) is 4.95. The van der Waals surface area contributed by atoms with Crippen molar-refractivity contribution in [1.82, 2.24) is 9.88 Å². The lowest BCUT2D eigenvalue weighted by atomic mass is 9.73. The van der Waals surface area contributed by atoms with Gasteiger partial charge in [0.1, 0.15) is 5.60 Å². The Labute approximate surface area is 136 Å². The molecule has 1 N–H and O–H groups in total. The first kappa shape index (κ1) is 15.8. The van der Waals surface area contributed by atoms with E-state index in [0.29, 0.717) is 13.0 Å². The van der Waals surface area contributed by atoms with E-state index in [-0.39, 0.29) is 18.1 Å². The molecule has 0 aromatic carbocycles. The Morgan fingerprint density at radius 3 is 3.09 bits per heavy atom. The van der Waals surface area contributed by atoms with Gasteiger partial charge in [-0.3, -0.25) is 4.98 Å². The van der Waals surface area contributed by atoms with Gasteiger partial charge < -0.3 is 14.7 Å². The van der Waals surface area contributed by atoms with Gasteiger partial charge in [0.25, 0.3) is 0 Å². The highest BCUT2D eigenvalue weighted by atomic mass is 16.5. The fraction of sp³-hybridized carbons (Fsp3) is 0.556. The number of ether oxygens (including phenoxy) is 1. The third-order valence-corrected chi connectivity index (χ3v) is 4.95. The molecule has 23 heavy (non-hydrogen) atoms. The van der Waals surface area contributed by atoms with Gasteiger partial charge in [-0.1, -0.05) is 11.8 Å². The third kappa shape index (κ3) is 3.04. The van der Waals surface area contributed by atoms with Crippen molar-refractivity contribution in [2.45, 2.75) is 44.2 Å². The van der Waals surface area contributed by atoms with Crippen LogP contribution in [0.25, 0.3) is 0 Å². The summed E-state index contributed by atoms with van der Waals surface area (Å²) in [5, 5.41) is 11.1. The number of aromatic nitrogens is 1. The quantitative estimate of drug-likeness (QED) is 0.745. The molecule has 3 rings (SSSR count). The molecule has 1 aromatic rings. The average Bonchev–Trinajstić information content (AvgIpc) is 2.98. The number of aliphatic hydroxyl groups is 1. The number of aryl methyl sites for hydroxylation is 1. The lowest BCUT2D eigenvalue weighted by Gasteiger charge is -2.39. The smallest absolute Gasteiger partial charge is 0.409 e. The highest BCUT2D eigenvalue weighted by Crippen LogP contribution is 2.42. The molecule has 2 fully saturated rings. The molecule has 0 bridgehead atoms. The number of hydrogen-bond donors (Lipinski definition) is 1. The fourth-order valence-electron chi connectivity index (χ4n) is 3.84. The number of methoxy groups -OCH3 is 1. The zero-order valence-electron chi connectivity index (χ0n) is 13.6. The Kier molecular flexibility index (Phi) is 4.27. The van der Waals surface area contributed by atoms with E-state index in [4.69, 9.17) is 4.74 Å². The van der Waals surface area contributed by atoms with Crippen LogP contribution in [0.1, 0.15) is 36.9 Å². The minimum Gasteiger partial charge on any atom is -0.453 e. The summed E-state index contributed by atoms with van der Waals surface area (Å²) in [5.41, 5.74) is 0.724. The Hall–Kier alpha value is -2.06. The largest absolute Gasteiger partial charge is 0.453 e. The number of nitrogens with zero attached hydrogens (tertiary/aromatic N) is 2. The van der Waals surface area contributed by atoms with Crippen molar-refractivity contribution in [3.8, 4) is 11.8 Å². The summed E-state index contributed by atoms with van der Waals surface area (Å²) in [7, 11) is 1.40. The number of carbonyl (C=O) groups excluding carboxylic acids is 1. The van der Waals surface area contributed by atoms with Gasteiger partial charge in [-0.25, -0.2) is 4.79 Å². The topological polar surface area (TPSA) is 62.7 Å². The molecule has 1 saturated carbocycles. The maximum Gasteiger partial charge on any atom is 0.409 e. The summed E-state index contributed by atoms with van der Waals surface area (Å²) in [6.07, 6.45) is 4.59. The van der Waals surface area contributed by atoms with Crippen LogP contribution in [0.4, 0.5) is 4.79 Å². The van der Waals surface area contributed by atoms with Crippen molar-refractivity contribution in [2.24, 2.45) is 5.92 Å². The maximum absolute atomic E-state index is 11.9. The van der Waals surface area contributed by atoms with Crippen LogP contribution in [0.2, 0.25) is 0 Å². The van der Waals surface area contributed by atoms with Crippen LogP contribution in [-0.2, 0) is 4.74 Å². The van der Waals surface area contributed by atoms with Crippen LogP contribution < -0.4 is 0 Å². The Balaban J connectivity index is 1.83. The van der Waals surface area contributed by atoms with Crippen LogP contribution in [-0.4, -0.2) is 46.4 Å². The Morgan fingerprint density at radius 2 is 2.35 bits per heavy atom. The predicted molar refractivity (Wildman–Crippen MR) is 85.7 cm³/mol. The first-order valence-electron chi connectivity index (χ1n) is 8.06. The molecule has 1 amide bonds. The summed E-state index contributed by atoms with van der Waals surface area (Å²) >= 11 is 0. The molecule has 1 aliphatic carbocycles. The van der Waals surface area contributed by atoms with Gasteiger partial charge in [-0.2, -0.15) is 0 Å². The van der Waals surface area contributed by atoms with Crippen molar-refractivity contribution in [1.29, 1.82) is 0 Å². The number of likely N-dealkylation sites (tertiary alicyclic amines) is 1. The summed E-state index contributed by atoms with van der Waals surface area (Å²) in [5.74, 6) is 6.17. The second-order valence-corrected chi connectivity index (χ2v) is 6.38. The van der Waals surface area contributed by atoms with E-state index in [1.165, 1.54) is 7.11 Å². The van der Waals surface area contributed by atoms with E-state index in [9.17, 15) is 9.90 Å². The lowest BCUT2D eigenvalue weighted by molar-refractivity contribution is -0.0136. The van der Waals surface area contributed by atoms with Gasteiger partial charge >= 0.3 is 6.09 Å². The number of rotatable bonds is 0. The minimum atomic E-state index is -1.04. The second kappa shape index (κ2) is 6.21. The highest BCUT2D eigenvalue weighted by molar-refractivity contribution is 5.68. The van der Waals surface area contributed by atoms with Crippen LogP contribution >= 0.6 is 0 Å². The Bertz CT molecular complexity index is 664. The number of fused-ring (bicyclic) bond motifs is 1. The number of carbonyl (C=O) groups is 1. The van der Waals surface area contributed by atoms with Gasteiger partial charge in [0, 0.05) is 36.0 Å². The van der Waals surface area contributed by atoms with Gasteiger partial charge in [0.05, 0.1) is 7.11 Å². The molecule has 122 valence electrons. The molecule has 3 atom stereocenters. The predicted octanol–water partition coefficient (Wildman–Crippen LogP) is 2.11. The molecule has 5 heteroatoms. The number of hydrogen-bond acceptors (Lipinski definition) is 4. The monoisotopic (exact) mass is 314 g/mol. The molecule has 3 unspecified atom stereocenters. The maximum atomic E-state index is 11.9. The van der Waals surface area contributed by atoms with Gasteiger partial charge in [0.2, 0.25) is 0 Å². The van der Waals surface area contributed by atoms with Crippen molar-refractivity contribution >= 4 is 6.09 Å². The van der Waals surface area contributed by atoms with Crippen molar-refractivity contribution in [3.63, 3.8) is 0 Å². The summed E-state index contributed by atoms with van der Waals surface area (Å²) in [6, 6.07) is 3.78. The van der Waals surface area contributed by atoms with Crippen LogP contribution in [0, 0.1) is 24.7 Å². The van der Waals surface area contributed by atoms with Gasteiger partial charge in [0.15, 0.2) is 0 Å². The molecule has 1 aliphatic heterocycles. The van der Waals surface area contributed by atoms with Crippen molar-refractivity contribution in [3.05, 3.63) is 29.6 Å². The molecule has 2 heterocycles. The van der Waals surface area contributed by atoms with E-state index in [1.54, 1.807) is 11.1 Å². The minimum absolute atomic E-state index is 0.00853. The molecular weight excluding hydrogens is 292 g/mol. The van der Waals surface area contributed by atoms with E-state index in [2.05, 4.69) is 16.8 Å². The molecule has 0 spiro atoms. The normalized spacial score (nSPS) is 29.4. The summed E-state index contributed by atoms with van der Waals surface area (Å²) < 4.78 is 4.86. The molecular formula is C18H22N2O3. The Morgan fingerprint density at radius 1 is 1.52 bits per heavy atom. The highest BCUT2D eigenvalue weighted by Gasteiger charge is 2.50. The van der Waals surface area contributed by atoms with Crippen LogP contribution in [0.5, 0.6) is 0 Å². The molecule has 1 aromatic heterocycles. The second-order valence-electron chi connectivity index (χ2n) is 6.38. The molecule has 5 nitrogen and oxygen atoms in total. The van der Waals surface area contributed by atoms with E-state index < -0.39 is 5.60 Å². The first-order valence-corrected chi connectivity index (χ1v) is 8.06. The summed E-state index contributed by atoms with van der Waals surface area (Å²) in [4.78, 5) is 17.8. The standard InChI is InChI=1S/C18H22N2O3/c1-13-12-14(6-10-19-13)5-9-18(22)8-3-4-16-15(18)7-11-20(16)17(21)23-2/h6,10,12,15-16,22H,3-4,7-8,11H2,1-2H3. The van der Waals surface area contributed by atoms with Crippen LogP contribution in [0.3, 0.4) is 0 Å². The van der Waals surface area contributed by atoms with Gasteiger partial charge in [-0.15, -0.1) is 0 Å². The van der Waals surface area contributed by atoms with E-state index in [0.717, 1.165) is 30.5 Å². The van der Waals surface area contributed by atoms with E-state index >= 15 is 0 Å². The SMILES string of the molecule is COC(=O)N1CCC2C1CCCC2(O)C#Cc1ccnc(C)c1. The number of pyridine rings is 1. The first-order chi connectivity index (χ1) is 11.0. The average molecular weight is 314 g/mol. The van der Waals surface area contributed by atoms with E-state index in [1.807, 2.05) is 19.1 Å². The van der Waals surface area contributed by atoms with Crippen LogP contribution in [0.15, 0.2) is 18.3 Å².